The lowest BCUT2D eigenvalue weighted by molar-refractivity contribution is -0.146. The normalized spacial score (nSPS) is 18.5. The molecular weight excluding hydrogens is 234 g/mol. The summed E-state index contributed by atoms with van der Waals surface area (Å²) in [4.78, 5) is 26.4. The van der Waals surface area contributed by atoms with E-state index < -0.39 is 11.5 Å². The van der Waals surface area contributed by atoms with Crippen LogP contribution >= 0.6 is 0 Å². The van der Waals surface area contributed by atoms with E-state index >= 15 is 0 Å². The quantitative estimate of drug-likeness (QED) is 0.773. The van der Waals surface area contributed by atoms with Crippen LogP contribution in [0.25, 0.3) is 0 Å². The van der Waals surface area contributed by atoms with E-state index in [2.05, 4.69) is 5.32 Å². The predicted octanol–water partition coefficient (Wildman–Crippen LogP) is 0.587. The summed E-state index contributed by atoms with van der Waals surface area (Å²) in [5.74, 6) is -0.812. The highest BCUT2D eigenvalue weighted by atomic mass is 16.4. The van der Waals surface area contributed by atoms with E-state index in [1.165, 1.54) is 4.90 Å². The number of urea groups is 1. The molecule has 0 saturated carbocycles. The number of amides is 2. The fourth-order valence-corrected chi connectivity index (χ4v) is 2.19. The van der Waals surface area contributed by atoms with Gasteiger partial charge >= 0.3 is 12.0 Å². The van der Waals surface area contributed by atoms with Crippen LogP contribution in [0, 0.1) is 0 Å². The molecule has 0 atom stereocenters. The van der Waals surface area contributed by atoms with Crippen molar-refractivity contribution >= 4 is 12.0 Å². The molecule has 2 N–H and O–H groups in total. The fraction of sp³-hybridized carbons (Fsp3) is 0.833. The third-order valence-electron chi connectivity index (χ3n) is 3.39. The molecule has 0 aromatic carbocycles. The van der Waals surface area contributed by atoms with Crippen molar-refractivity contribution in [2.45, 2.75) is 31.7 Å². The Morgan fingerprint density at radius 3 is 2.28 bits per heavy atom. The van der Waals surface area contributed by atoms with Gasteiger partial charge in [0.25, 0.3) is 0 Å². The van der Waals surface area contributed by atoms with Crippen LogP contribution in [0.4, 0.5) is 4.79 Å². The van der Waals surface area contributed by atoms with Gasteiger partial charge in [-0.25, -0.2) is 4.79 Å². The summed E-state index contributed by atoms with van der Waals surface area (Å²) in [5, 5.41) is 12.5. The Morgan fingerprint density at radius 2 is 1.89 bits per heavy atom. The zero-order chi connectivity index (χ0) is 13.8. The maximum absolute atomic E-state index is 11.8. The van der Waals surface area contributed by atoms with Crippen molar-refractivity contribution in [3.63, 3.8) is 0 Å². The number of rotatable bonds is 4. The molecule has 2 amide bonds. The molecular formula is C12H23N3O3. The minimum absolute atomic E-state index is 0.0514. The van der Waals surface area contributed by atoms with Crippen LogP contribution in [0.2, 0.25) is 0 Å². The smallest absolute Gasteiger partial charge is 0.324 e. The fourth-order valence-electron chi connectivity index (χ4n) is 2.19. The molecule has 0 radical (unpaired) electrons. The maximum atomic E-state index is 11.8. The van der Waals surface area contributed by atoms with Gasteiger partial charge in [-0.3, -0.25) is 4.79 Å². The summed E-state index contributed by atoms with van der Waals surface area (Å²) in [6.07, 6.45) is 1.82. The van der Waals surface area contributed by atoms with Gasteiger partial charge in [-0.15, -0.1) is 0 Å². The number of hydrogen-bond donors (Lipinski definition) is 2. The number of carbonyl (C=O) groups is 2. The molecule has 104 valence electrons. The summed E-state index contributed by atoms with van der Waals surface area (Å²) >= 11 is 0. The van der Waals surface area contributed by atoms with Crippen LogP contribution in [0.15, 0.2) is 0 Å². The van der Waals surface area contributed by atoms with Crippen molar-refractivity contribution in [3.8, 4) is 0 Å². The van der Waals surface area contributed by atoms with Gasteiger partial charge in [0.05, 0.1) is 0 Å². The minimum atomic E-state index is -0.862. The van der Waals surface area contributed by atoms with Crippen LogP contribution < -0.4 is 5.32 Å². The number of nitrogens with one attached hydrogen (secondary N) is 1. The van der Waals surface area contributed by atoms with Gasteiger partial charge in [0.2, 0.25) is 0 Å². The molecule has 0 aliphatic carbocycles. The van der Waals surface area contributed by atoms with Gasteiger partial charge in [-0.05, 0) is 25.8 Å². The molecule has 6 heteroatoms. The predicted molar refractivity (Wildman–Crippen MR) is 68.6 cm³/mol. The van der Waals surface area contributed by atoms with Crippen LogP contribution in [0.5, 0.6) is 0 Å². The van der Waals surface area contributed by atoms with E-state index in [1.54, 1.807) is 19.0 Å². The number of carbonyl (C=O) groups excluding carboxylic acids is 1. The average Bonchev–Trinajstić information content (AvgIpc) is 2.35. The minimum Gasteiger partial charge on any atom is -0.480 e. The number of aliphatic carboxylic acids is 1. The Kier molecular flexibility index (Phi) is 4.95. The highest BCUT2D eigenvalue weighted by molar-refractivity contribution is 5.80. The molecule has 0 bridgehead atoms. The summed E-state index contributed by atoms with van der Waals surface area (Å²) in [6.45, 7) is 3.67. The molecule has 1 saturated heterocycles. The van der Waals surface area contributed by atoms with Crippen molar-refractivity contribution in [1.29, 1.82) is 0 Å². The molecule has 0 aromatic rings. The monoisotopic (exact) mass is 257 g/mol. The van der Waals surface area contributed by atoms with Crippen molar-refractivity contribution < 1.29 is 14.7 Å². The van der Waals surface area contributed by atoms with Gasteiger partial charge in [0, 0.05) is 27.2 Å². The molecule has 6 nitrogen and oxygen atoms in total. The van der Waals surface area contributed by atoms with Gasteiger partial charge in [0.1, 0.15) is 5.54 Å². The Balaban J connectivity index is 2.63. The molecule has 1 heterocycles. The van der Waals surface area contributed by atoms with Gasteiger partial charge in [-0.1, -0.05) is 6.92 Å². The third-order valence-corrected chi connectivity index (χ3v) is 3.39. The van der Waals surface area contributed by atoms with E-state index in [0.717, 1.165) is 6.42 Å². The molecule has 0 unspecified atom stereocenters. The maximum Gasteiger partial charge on any atom is 0.324 e. The van der Waals surface area contributed by atoms with E-state index in [-0.39, 0.29) is 6.03 Å². The van der Waals surface area contributed by atoms with Crippen molar-refractivity contribution in [2.24, 2.45) is 0 Å². The van der Waals surface area contributed by atoms with Gasteiger partial charge in [0.15, 0.2) is 0 Å². The third kappa shape index (κ3) is 3.13. The number of carboxylic acids is 1. The molecule has 18 heavy (non-hydrogen) atoms. The number of likely N-dealkylation sites (tertiary alicyclic amines) is 1. The van der Waals surface area contributed by atoms with Gasteiger partial charge < -0.3 is 20.2 Å². The Bertz CT molecular complexity index is 310. The van der Waals surface area contributed by atoms with Crippen LogP contribution in [-0.2, 0) is 4.79 Å². The first-order valence-electron chi connectivity index (χ1n) is 6.37. The van der Waals surface area contributed by atoms with Gasteiger partial charge in [-0.2, -0.15) is 0 Å². The summed E-state index contributed by atoms with van der Waals surface area (Å²) < 4.78 is 0. The molecule has 0 spiro atoms. The number of nitrogens with zero attached hydrogens (tertiary/aromatic N) is 2. The largest absolute Gasteiger partial charge is 0.480 e. The van der Waals surface area contributed by atoms with Crippen LogP contribution in [0.3, 0.4) is 0 Å². The lowest BCUT2D eigenvalue weighted by atomic mass is 9.87. The Labute approximate surface area is 108 Å². The second-order valence-corrected chi connectivity index (χ2v) is 4.98. The zero-order valence-electron chi connectivity index (χ0n) is 11.4. The first-order chi connectivity index (χ1) is 8.43. The second kappa shape index (κ2) is 6.04. The molecule has 1 fully saturated rings. The Hall–Kier alpha value is -1.30. The molecule has 1 aliphatic rings. The van der Waals surface area contributed by atoms with E-state index in [1.807, 2.05) is 6.92 Å². The molecule has 1 rings (SSSR count). The van der Waals surface area contributed by atoms with Crippen molar-refractivity contribution in [3.05, 3.63) is 0 Å². The highest BCUT2D eigenvalue weighted by Crippen LogP contribution is 2.23. The van der Waals surface area contributed by atoms with Crippen LogP contribution in [-0.4, -0.2) is 66.2 Å². The van der Waals surface area contributed by atoms with E-state index in [9.17, 15) is 14.7 Å². The second-order valence-electron chi connectivity index (χ2n) is 4.98. The average molecular weight is 257 g/mol. The van der Waals surface area contributed by atoms with Crippen LogP contribution in [0.1, 0.15) is 26.2 Å². The Morgan fingerprint density at radius 1 is 1.33 bits per heavy atom. The zero-order valence-corrected chi connectivity index (χ0v) is 11.4. The SMILES string of the molecule is CCCNC1(C(=O)O)CCN(C(=O)N(C)C)CC1. The summed E-state index contributed by atoms with van der Waals surface area (Å²) in [5.41, 5.74) is -0.862. The number of carboxylic acid groups (broad SMARTS) is 1. The van der Waals surface area contributed by atoms with Crippen molar-refractivity contribution in [1.82, 2.24) is 15.1 Å². The first-order valence-corrected chi connectivity index (χ1v) is 6.37. The molecule has 0 aromatic heterocycles. The van der Waals surface area contributed by atoms with E-state index in [0.29, 0.717) is 32.5 Å². The topological polar surface area (TPSA) is 72.9 Å². The lowest BCUT2D eigenvalue weighted by Gasteiger charge is -2.40. The first kappa shape index (κ1) is 14.8. The number of hydrogen-bond acceptors (Lipinski definition) is 3. The summed E-state index contributed by atoms with van der Waals surface area (Å²) in [7, 11) is 3.41. The van der Waals surface area contributed by atoms with E-state index in [4.69, 9.17) is 0 Å². The highest BCUT2D eigenvalue weighted by Gasteiger charge is 2.41. The lowest BCUT2D eigenvalue weighted by Crippen LogP contribution is -2.60. The summed E-state index contributed by atoms with van der Waals surface area (Å²) in [6, 6.07) is -0.0514. The molecule has 1 aliphatic heterocycles. The van der Waals surface area contributed by atoms with Crippen molar-refractivity contribution in [2.75, 3.05) is 33.7 Å². The number of piperidine rings is 1. The standard InChI is InChI=1S/C12H23N3O3/c1-4-7-13-12(10(16)17)5-8-15(9-6-12)11(18)14(2)3/h13H,4-9H2,1-3H3,(H,16,17).